The Morgan fingerprint density at radius 3 is 2.73 bits per heavy atom. The van der Waals surface area contributed by atoms with Crippen molar-refractivity contribution in [2.45, 2.75) is 38.5 Å². The molecule has 0 aliphatic heterocycles. The van der Waals surface area contributed by atoms with E-state index >= 15 is 0 Å². The van der Waals surface area contributed by atoms with Gasteiger partial charge in [0.2, 0.25) is 5.91 Å². The van der Waals surface area contributed by atoms with Crippen molar-refractivity contribution in [3.63, 3.8) is 0 Å². The Hall–Kier alpha value is -1.32. The van der Waals surface area contributed by atoms with Gasteiger partial charge in [-0.2, -0.15) is 5.10 Å². The number of aromatic amines is 1. The van der Waals surface area contributed by atoms with E-state index in [2.05, 4.69) is 15.5 Å². The zero-order valence-electron chi connectivity index (χ0n) is 8.84. The summed E-state index contributed by atoms with van der Waals surface area (Å²) in [5.74, 6) is 1.76. The molecule has 80 valence electrons. The lowest BCUT2D eigenvalue weighted by Gasteiger charge is -2.01. The molecule has 4 nitrogen and oxygen atoms in total. The van der Waals surface area contributed by atoms with E-state index in [-0.39, 0.29) is 11.8 Å². The molecule has 4 heteroatoms. The third kappa shape index (κ3) is 1.64. The first-order valence-electron chi connectivity index (χ1n) is 5.61. The fourth-order valence-corrected chi connectivity index (χ4v) is 1.87. The Labute approximate surface area is 88.4 Å². The zero-order chi connectivity index (χ0) is 10.4. The van der Waals surface area contributed by atoms with Crippen LogP contribution in [0.1, 0.15) is 42.9 Å². The van der Waals surface area contributed by atoms with E-state index in [1.165, 1.54) is 18.5 Å². The molecule has 2 aliphatic carbocycles. The van der Waals surface area contributed by atoms with Crippen LogP contribution in [0.25, 0.3) is 0 Å². The van der Waals surface area contributed by atoms with Gasteiger partial charge < -0.3 is 5.32 Å². The van der Waals surface area contributed by atoms with Crippen molar-refractivity contribution in [3.8, 4) is 0 Å². The molecule has 0 spiro atoms. The van der Waals surface area contributed by atoms with Crippen molar-refractivity contribution in [1.82, 2.24) is 10.2 Å². The molecule has 3 rings (SSSR count). The van der Waals surface area contributed by atoms with Crippen molar-refractivity contribution in [1.29, 1.82) is 0 Å². The van der Waals surface area contributed by atoms with Crippen LogP contribution in [0.15, 0.2) is 0 Å². The fourth-order valence-electron chi connectivity index (χ4n) is 1.87. The highest BCUT2D eigenvalue weighted by Gasteiger charge is 2.32. The van der Waals surface area contributed by atoms with E-state index in [0.29, 0.717) is 5.92 Å². The molecule has 0 saturated heterocycles. The van der Waals surface area contributed by atoms with Gasteiger partial charge in [0.1, 0.15) is 0 Å². The molecule has 1 aromatic heterocycles. The van der Waals surface area contributed by atoms with Crippen LogP contribution in [-0.2, 0) is 4.79 Å². The van der Waals surface area contributed by atoms with Crippen LogP contribution in [0, 0.1) is 12.8 Å². The molecule has 2 aliphatic rings. The number of amides is 1. The fraction of sp³-hybridized carbons (Fsp3) is 0.636. The van der Waals surface area contributed by atoms with Gasteiger partial charge >= 0.3 is 0 Å². The molecule has 2 fully saturated rings. The lowest BCUT2D eigenvalue weighted by Crippen LogP contribution is -2.14. The van der Waals surface area contributed by atoms with Crippen molar-refractivity contribution in [2.24, 2.45) is 5.92 Å². The standard InChI is InChI=1S/C11H15N3O/c1-6-9(7-2-3-7)13-14-10(6)12-11(15)8-4-5-8/h7-8H,2-5H2,1H3,(H2,12,13,14,15). The Morgan fingerprint density at radius 1 is 1.40 bits per heavy atom. The maximum absolute atomic E-state index is 11.6. The van der Waals surface area contributed by atoms with Gasteiger partial charge in [-0.1, -0.05) is 0 Å². The smallest absolute Gasteiger partial charge is 0.228 e. The Balaban J connectivity index is 1.76. The highest BCUT2D eigenvalue weighted by Crippen LogP contribution is 2.41. The number of nitrogens with one attached hydrogen (secondary N) is 2. The van der Waals surface area contributed by atoms with Crippen LogP contribution >= 0.6 is 0 Å². The SMILES string of the molecule is Cc1c(NC(=O)C2CC2)n[nH]c1C1CC1. The topological polar surface area (TPSA) is 57.8 Å². The molecule has 2 N–H and O–H groups in total. The molecule has 15 heavy (non-hydrogen) atoms. The van der Waals surface area contributed by atoms with E-state index < -0.39 is 0 Å². The summed E-state index contributed by atoms with van der Waals surface area (Å²) < 4.78 is 0. The van der Waals surface area contributed by atoms with Crippen LogP contribution in [0.2, 0.25) is 0 Å². The molecule has 0 bridgehead atoms. The maximum Gasteiger partial charge on any atom is 0.228 e. The van der Waals surface area contributed by atoms with Crippen LogP contribution in [0.5, 0.6) is 0 Å². The number of nitrogens with zero attached hydrogens (tertiary/aromatic N) is 1. The third-order valence-corrected chi connectivity index (χ3v) is 3.22. The normalized spacial score (nSPS) is 20.3. The van der Waals surface area contributed by atoms with E-state index in [9.17, 15) is 4.79 Å². The van der Waals surface area contributed by atoms with Crippen molar-refractivity contribution in [2.75, 3.05) is 5.32 Å². The average Bonchev–Trinajstić information content (AvgIpc) is 3.10. The molecule has 0 atom stereocenters. The first kappa shape index (κ1) is 8.95. The molecule has 1 amide bonds. The van der Waals surface area contributed by atoms with Gasteiger partial charge in [-0.25, -0.2) is 0 Å². The molecule has 0 radical (unpaired) electrons. The minimum Gasteiger partial charge on any atom is -0.309 e. The van der Waals surface area contributed by atoms with Gasteiger partial charge in [0.15, 0.2) is 5.82 Å². The van der Waals surface area contributed by atoms with Crippen LogP contribution in [0.3, 0.4) is 0 Å². The first-order chi connectivity index (χ1) is 7.25. The van der Waals surface area contributed by atoms with Crippen LogP contribution in [-0.4, -0.2) is 16.1 Å². The number of hydrogen-bond acceptors (Lipinski definition) is 2. The van der Waals surface area contributed by atoms with E-state index in [4.69, 9.17) is 0 Å². The number of aromatic nitrogens is 2. The Kier molecular flexibility index (Phi) is 1.84. The summed E-state index contributed by atoms with van der Waals surface area (Å²) in [6.45, 7) is 2.03. The molecule has 0 aromatic carbocycles. The number of H-pyrrole nitrogens is 1. The lowest BCUT2D eigenvalue weighted by atomic mass is 10.2. The first-order valence-corrected chi connectivity index (χ1v) is 5.61. The minimum atomic E-state index is 0.131. The second-order valence-electron chi connectivity index (χ2n) is 4.65. The number of anilines is 1. The molecular formula is C11H15N3O. The largest absolute Gasteiger partial charge is 0.309 e. The number of rotatable bonds is 3. The number of hydrogen-bond donors (Lipinski definition) is 2. The number of carbonyl (C=O) groups excluding carboxylic acids is 1. The predicted octanol–water partition coefficient (Wildman–Crippen LogP) is 1.94. The molecule has 1 aromatic rings. The molecule has 2 saturated carbocycles. The summed E-state index contributed by atoms with van der Waals surface area (Å²) in [4.78, 5) is 11.6. The zero-order valence-corrected chi connectivity index (χ0v) is 8.84. The molecule has 0 unspecified atom stereocenters. The summed E-state index contributed by atoms with van der Waals surface area (Å²) in [7, 11) is 0. The average molecular weight is 205 g/mol. The Morgan fingerprint density at radius 2 is 2.13 bits per heavy atom. The van der Waals surface area contributed by atoms with E-state index in [0.717, 1.165) is 24.2 Å². The van der Waals surface area contributed by atoms with Gasteiger partial charge in [0.05, 0.1) is 0 Å². The lowest BCUT2D eigenvalue weighted by molar-refractivity contribution is -0.117. The predicted molar refractivity (Wildman–Crippen MR) is 56.7 cm³/mol. The minimum absolute atomic E-state index is 0.131. The summed E-state index contributed by atoms with van der Waals surface area (Å²) in [6, 6.07) is 0. The van der Waals surface area contributed by atoms with Gasteiger partial charge in [-0.3, -0.25) is 9.89 Å². The molecular weight excluding hydrogens is 190 g/mol. The third-order valence-electron chi connectivity index (χ3n) is 3.22. The second kappa shape index (κ2) is 3.08. The number of carbonyl (C=O) groups is 1. The van der Waals surface area contributed by atoms with Crippen LogP contribution < -0.4 is 5.32 Å². The summed E-state index contributed by atoms with van der Waals surface area (Å²) >= 11 is 0. The van der Waals surface area contributed by atoms with Gasteiger partial charge in [-0.15, -0.1) is 0 Å². The van der Waals surface area contributed by atoms with Gasteiger partial charge in [-0.05, 0) is 32.6 Å². The van der Waals surface area contributed by atoms with Crippen molar-refractivity contribution in [3.05, 3.63) is 11.3 Å². The quantitative estimate of drug-likeness (QED) is 0.792. The summed E-state index contributed by atoms with van der Waals surface area (Å²) in [5.41, 5.74) is 2.33. The van der Waals surface area contributed by atoms with Crippen molar-refractivity contribution < 1.29 is 4.79 Å². The monoisotopic (exact) mass is 205 g/mol. The summed E-state index contributed by atoms with van der Waals surface area (Å²) in [5, 5.41) is 10.1. The molecule has 1 heterocycles. The second-order valence-corrected chi connectivity index (χ2v) is 4.65. The van der Waals surface area contributed by atoms with E-state index in [1.54, 1.807) is 0 Å². The maximum atomic E-state index is 11.6. The Bertz CT molecular complexity index is 402. The highest BCUT2D eigenvalue weighted by molar-refractivity contribution is 5.93. The van der Waals surface area contributed by atoms with E-state index in [1.807, 2.05) is 6.92 Å². The van der Waals surface area contributed by atoms with Crippen molar-refractivity contribution >= 4 is 11.7 Å². The van der Waals surface area contributed by atoms with Gasteiger partial charge in [0.25, 0.3) is 0 Å². The van der Waals surface area contributed by atoms with Gasteiger partial charge in [0, 0.05) is 23.1 Å². The highest BCUT2D eigenvalue weighted by atomic mass is 16.2. The van der Waals surface area contributed by atoms with Crippen LogP contribution in [0.4, 0.5) is 5.82 Å². The summed E-state index contributed by atoms with van der Waals surface area (Å²) in [6.07, 6.45) is 4.56.